The minimum atomic E-state index is -0.257. The van der Waals surface area contributed by atoms with Crippen LogP contribution in [0.15, 0.2) is 23.6 Å². The van der Waals surface area contributed by atoms with Crippen molar-refractivity contribution in [2.45, 2.75) is 6.42 Å². The molecule has 2 rings (SSSR count). The Morgan fingerprint density at radius 3 is 2.76 bits per heavy atom. The third-order valence-electron chi connectivity index (χ3n) is 2.19. The van der Waals surface area contributed by atoms with Gasteiger partial charge in [0.2, 0.25) is 0 Å². The second-order valence-electron chi connectivity index (χ2n) is 3.24. The van der Waals surface area contributed by atoms with E-state index in [4.69, 9.17) is 0 Å². The standard InChI is InChI=1S/C11H11O2PS2.ClH/c1-13-10(12)9-3-2-8(16-9)6-7-4-5-15-11(7)14;/h2-5H,6,14H2,1H3;1H. The number of carbonyl (C=O) groups is 1. The third-order valence-corrected chi connectivity index (χ3v) is 4.83. The van der Waals surface area contributed by atoms with Crippen molar-refractivity contribution in [1.82, 2.24) is 0 Å². The van der Waals surface area contributed by atoms with Gasteiger partial charge in [-0.25, -0.2) is 4.79 Å². The molecule has 6 heteroatoms. The molecule has 2 aromatic heterocycles. The summed E-state index contributed by atoms with van der Waals surface area (Å²) in [5.41, 5.74) is 1.30. The smallest absolute Gasteiger partial charge is 0.348 e. The van der Waals surface area contributed by atoms with Crippen molar-refractivity contribution in [3.05, 3.63) is 38.9 Å². The van der Waals surface area contributed by atoms with Crippen molar-refractivity contribution < 1.29 is 9.53 Å². The van der Waals surface area contributed by atoms with Crippen LogP contribution in [0.1, 0.15) is 20.1 Å². The van der Waals surface area contributed by atoms with Gasteiger partial charge in [0, 0.05) is 15.9 Å². The molecule has 2 aromatic rings. The summed E-state index contributed by atoms with van der Waals surface area (Å²) in [5, 5.41) is 2.08. The van der Waals surface area contributed by atoms with E-state index in [1.807, 2.05) is 12.1 Å². The summed E-state index contributed by atoms with van der Waals surface area (Å²) in [7, 11) is 4.14. The highest BCUT2D eigenvalue weighted by atomic mass is 35.5. The molecule has 0 radical (unpaired) electrons. The number of esters is 1. The monoisotopic (exact) mass is 306 g/mol. The average Bonchev–Trinajstić information content (AvgIpc) is 2.89. The quantitative estimate of drug-likeness (QED) is 0.643. The Kier molecular flexibility index (Phi) is 5.60. The topological polar surface area (TPSA) is 26.3 Å². The SMILES string of the molecule is COC(=O)c1ccc(Cc2ccsc2P)s1.Cl. The molecule has 0 saturated carbocycles. The number of ether oxygens (including phenoxy) is 1. The van der Waals surface area contributed by atoms with Gasteiger partial charge in [-0.3, -0.25) is 0 Å². The minimum absolute atomic E-state index is 0. The summed E-state index contributed by atoms with van der Waals surface area (Å²) in [6.07, 6.45) is 0.879. The fourth-order valence-corrected chi connectivity index (χ4v) is 3.42. The summed E-state index contributed by atoms with van der Waals surface area (Å²) < 4.78 is 5.94. The predicted octanol–water partition coefficient (Wildman–Crippen LogP) is 3.11. The van der Waals surface area contributed by atoms with Crippen LogP contribution in [0.3, 0.4) is 0 Å². The largest absolute Gasteiger partial charge is 0.465 e. The van der Waals surface area contributed by atoms with Crippen molar-refractivity contribution >= 4 is 54.9 Å². The molecule has 0 spiro atoms. The Hall–Kier alpha value is -0.410. The van der Waals surface area contributed by atoms with Crippen molar-refractivity contribution in [3.8, 4) is 0 Å². The molecule has 0 amide bonds. The Bertz CT molecular complexity index is 507. The highest BCUT2D eigenvalue weighted by Gasteiger charge is 2.10. The summed E-state index contributed by atoms with van der Waals surface area (Å²) in [5.74, 6) is -0.257. The molecule has 2 nitrogen and oxygen atoms in total. The van der Waals surface area contributed by atoms with Gasteiger partial charge in [0.1, 0.15) is 4.88 Å². The molecule has 0 aliphatic heterocycles. The number of rotatable bonds is 3. The zero-order valence-corrected chi connectivity index (χ0v) is 12.7. The Labute approximate surface area is 117 Å². The molecule has 0 aliphatic carbocycles. The third kappa shape index (κ3) is 3.52. The Balaban J connectivity index is 0.00000144. The first kappa shape index (κ1) is 14.7. The molecule has 17 heavy (non-hydrogen) atoms. The first-order valence-electron chi connectivity index (χ1n) is 4.69. The van der Waals surface area contributed by atoms with Crippen LogP contribution < -0.4 is 4.62 Å². The molecule has 0 aliphatic rings. The molecule has 1 unspecified atom stereocenters. The number of thiophene rings is 2. The van der Waals surface area contributed by atoms with E-state index in [1.54, 1.807) is 11.3 Å². The lowest BCUT2D eigenvalue weighted by Crippen LogP contribution is -1.97. The van der Waals surface area contributed by atoms with E-state index < -0.39 is 0 Å². The molecule has 0 bridgehead atoms. The van der Waals surface area contributed by atoms with Crippen molar-refractivity contribution in [3.63, 3.8) is 0 Å². The second kappa shape index (κ2) is 6.50. The van der Waals surface area contributed by atoms with Gasteiger partial charge in [-0.1, -0.05) is 9.24 Å². The molecule has 0 fully saturated rings. The number of carbonyl (C=O) groups excluding carboxylic acids is 1. The molecule has 0 N–H and O–H groups in total. The number of hydrogen-bond acceptors (Lipinski definition) is 4. The molecular weight excluding hydrogens is 295 g/mol. The van der Waals surface area contributed by atoms with E-state index >= 15 is 0 Å². The summed E-state index contributed by atoms with van der Waals surface area (Å²) in [6, 6.07) is 5.92. The number of methoxy groups -OCH3 is 1. The highest BCUT2D eigenvalue weighted by Crippen LogP contribution is 2.21. The van der Waals surface area contributed by atoms with Gasteiger partial charge < -0.3 is 4.74 Å². The van der Waals surface area contributed by atoms with E-state index in [-0.39, 0.29) is 18.4 Å². The molecule has 92 valence electrons. The summed E-state index contributed by atoms with van der Waals surface area (Å²) >= 11 is 3.21. The Morgan fingerprint density at radius 2 is 2.18 bits per heavy atom. The van der Waals surface area contributed by atoms with Crippen LogP contribution in [0.25, 0.3) is 0 Å². The van der Waals surface area contributed by atoms with E-state index in [0.717, 1.165) is 6.42 Å². The fourth-order valence-electron chi connectivity index (χ4n) is 1.36. The molecule has 1 atom stereocenters. The van der Waals surface area contributed by atoms with Crippen LogP contribution >= 0.6 is 44.3 Å². The van der Waals surface area contributed by atoms with Gasteiger partial charge in [0.05, 0.1) is 7.11 Å². The van der Waals surface area contributed by atoms with Crippen LogP contribution in [-0.2, 0) is 11.2 Å². The fraction of sp³-hybridized carbons (Fsp3) is 0.182. The minimum Gasteiger partial charge on any atom is -0.465 e. The van der Waals surface area contributed by atoms with E-state index in [2.05, 4.69) is 25.4 Å². The van der Waals surface area contributed by atoms with Gasteiger partial charge in [-0.15, -0.1) is 35.1 Å². The molecule has 2 heterocycles. The van der Waals surface area contributed by atoms with Crippen LogP contribution in [0.2, 0.25) is 0 Å². The normalized spacial score (nSPS) is 9.76. The maximum absolute atomic E-state index is 11.3. The first-order chi connectivity index (χ1) is 7.70. The molecular formula is C11H12ClO2PS2. The van der Waals surface area contributed by atoms with Crippen LogP contribution in [0.5, 0.6) is 0 Å². The number of hydrogen-bond donors (Lipinski definition) is 0. The average molecular weight is 307 g/mol. The van der Waals surface area contributed by atoms with Gasteiger partial charge in [-0.05, 0) is 29.1 Å². The first-order valence-corrected chi connectivity index (χ1v) is 6.97. The van der Waals surface area contributed by atoms with Crippen LogP contribution in [0, 0.1) is 0 Å². The van der Waals surface area contributed by atoms with Gasteiger partial charge in [0.15, 0.2) is 0 Å². The van der Waals surface area contributed by atoms with E-state index in [1.165, 1.54) is 33.5 Å². The number of halogens is 1. The van der Waals surface area contributed by atoms with E-state index in [0.29, 0.717) is 4.88 Å². The lowest BCUT2D eigenvalue weighted by molar-refractivity contribution is 0.0606. The predicted molar refractivity (Wildman–Crippen MR) is 79.4 cm³/mol. The zero-order chi connectivity index (χ0) is 11.5. The Morgan fingerprint density at radius 1 is 1.41 bits per heavy atom. The summed E-state index contributed by atoms with van der Waals surface area (Å²) in [4.78, 5) is 13.1. The van der Waals surface area contributed by atoms with Crippen LogP contribution in [-0.4, -0.2) is 13.1 Å². The van der Waals surface area contributed by atoms with Gasteiger partial charge >= 0.3 is 5.97 Å². The van der Waals surface area contributed by atoms with Gasteiger partial charge in [0.25, 0.3) is 0 Å². The van der Waals surface area contributed by atoms with Crippen molar-refractivity contribution in [2.24, 2.45) is 0 Å². The van der Waals surface area contributed by atoms with Gasteiger partial charge in [-0.2, -0.15) is 0 Å². The second-order valence-corrected chi connectivity index (χ2v) is 6.36. The van der Waals surface area contributed by atoms with Crippen molar-refractivity contribution in [2.75, 3.05) is 7.11 Å². The lowest BCUT2D eigenvalue weighted by atomic mass is 10.2. The van der Waals surface area contributed by atoms with Crippen LogP contribution in [0.4, 0.5) is 0 Å². The zero-order valence-electron chi connectivity index (χ0n) is 9.14. The molecule has 0 saturated heterocycles. The van der Waals surface area contributed by atoms with E-state index in [9.17, 15) is 4.79 Å². The maximum atomic E-state index is 11.3. The molecule has 0 aromatic carbocycles. The maximum Gasteiger partial charge on any atom is 0.348 e. The highest BCUT2D eigenvalue weighted by molar-refractivity contribution is 7.43. The lowest BCUT2D eigenvalue weighted by Gasteiger charge is -1.96. The summed E-state index contributed by atoms with van der Waals surface area (Å²) in [6.45, 7) is 0. The van der Waals surface area contributed by atoms with Crippen molar-refractivity contribution in [1.29, 1.82) is 0 Å².